The first-order valence-electron chi connectivity index (χ1n) is 4.54. The Morgan fingerprint density at radius 3 is 2.73 bits per heavy atom. The lowest BCUT2D eigenvalue weighted by Gasteiger charge is -1.96. The summed E-state index contributed by atoms with van der Waals surface area (Å²) in [6.07, 6.45) is 2.82. The second-order valence-electron chi connectivity index (χ2n) is 2.52. The van der Waals surface area contributed by atoms with Crippen molar-refractivity contribution >= 4 is 23.2 Å². The van der Waals surface area contributed by atoms with Crippen molar-refractivity contribution in [2.75, 3.05) is 0 Å². The zero-order valence-corrected chi connectivity index (χ0v) is 9.19. The molecule has 1 N–H and O–H groups in total. The monoisotopic (exact) mass is 226 g/mol. The number of carboxylic acids is 1. The highest BCUT2D eigenvalue weighted by molar-refractivity contribution is 6.30. The van der Waals surface area contributed by atoms with Crippen molar-refractivity contribution in [2.24, 2.45) is 0 Å². The topological polar surface area (TPSA) is 54.6 Å². The van der Waals surface area contributed by atoms with E-state index in [1.54, 1.807) is 12.1 Å². The Balaban J connectivity index is 0.000000531. The van der Waals surface area contributed by atoms with Crippen LogP contribution in [0.15, 0.2) is 24.5 Å². The maximum atomic E-state index is 10.7. The molecule has 80 valence electrons. The van der Waals surface area contributed by atoms with Gasteiger partial charge in [0.25, 0.3) is 0 Å². The summed E-state index contributed by atoms with van der Waals surface area (Å²) in [5.41, 5.74) is 0.680. The normalized spacial score (nSPS) is 9.53. The average Bonchev–Trinajstić information content (AvgIpc) is 2.63. The molecule has 0 saturated heterocycles. The fraction of sp³-hybridized carbons (Fsp3) is 0.200. The number of imidazole rings is 1. The number of fused-ring (bicyclic) bond motifs is 1. The number of nitrogens with zero attached hydrogens (tertiary/aromatic N) is 2. The Morgan fingerprint density at radius 2 is 2.13 bits per heavy atom. The van der Waals surface area contributed by atoms with E-state index < -0.39 is 5.97 Å². The van der Waals surface area contributed by atoms with E-state index in [4.69, 9.17) is 16.7 Å². The van der Waals surface area contributed by atoms with Gasteiger partial charge in [0.15, 0.2) is 5.69 Å². The minimum Gasteiger partial charge on any atom is -0.477 e. The predicted molar refractivity (Wildman–Crippen MR) is 58.5 cm³/mol. The molecule has 0 bridgehead atoms. The first kappa shape index (κ1) is 11.5. The molecule has 2 aromatic rings. The van der Waals surface area contributed by atoms with Crippen molar-refractivity contribution in [3.63, 3.8) is 0 Å². The highest BCUT2D eigenvalue weighted by Crippen LogP contribution is 2.12. The molecular weight excluding hydrogens is 216 g/mol. The third kappa shape index (κ3) is 2.27. The third-order valence-corrected chi connectivity index (χ3v) is 1.91. The average molecular weight is 227 g/mol. The quantitative estimate of drug-likeness (QED) is 0.814. The first-order chi connectivity index (χ1) is 7.18. The van der Waals surface area contributed by atoms with Gasteiger partial charge >= 0.3 is 5.97 Å². The molecule has 0 spiro atoms. The lowest BCUT2D eigenvalue weighted by Crippen LogP contribution is -2.00. The highest BCUT2D eigenvalue weighted by Gasteiger charge is 2.09. The van der Waals surface area contributed by atoms with E-state index in [0.717, 1.165) is 0 Å². The van der Waals surface area contributed by atoms with E-state index in [1.807, 2.05) is 13.8 Å². The smallest absolute Gasteiger partial charge is 0.354 e. The molecule has 0 aliphatic carbocycles. The van der Waals surface area contributed by atoms with Crippen molar-refractivity contribution in [1.82, 2.24) is 9.38 Å². The summed E-state index contributed by atoms with van der Waals surface area (Å²) < 4.78 is 1.44. The van der Waals surface area contributed by atoms with Gasteiger partial charge in [-0.05, 0) is 12.1 Å². The van der Waals surface area contributed by atoms with Gasteiger partial charge in [0, 0.05) is 6.20 Å². The van der Waals surface area contributed by atoms with E-state index in [0.29, 0.717) is 10.7 Å². The fourth-order valence-corrected chi connectivity index (χ4v) is 1.27. The molecule has 2 rings (SSSR count). The summed E-state index contributed by atoms with van der Waals surface area (Å²) in [4.78, 5) is 14.6. The number of carbonyl (C=O) groups is 1. The van der Waals surface area contributed by atoms with Gasteiger partial charge in [-0.25, -0.2) is 9.78 Å². The molecule has 0 amide bonds. The molecule has 0 aromatic carbocycles. The van der Waals surface area contributed by atoms with Gasteiger partial charge in [-0.15, -0.1) is 0 Å². The fourth-order valence-electron chi connectivity index (χ4n) is 1.11. The van der Waals surface area contributed by atoms with Crippen LogP contribution in [0.25, 0.3) is 5.65 Å². The SMILES string of the molecule is CC.O=C(O)c1cnc2ccc(Cl)cn12. The van der Waals surface area contributed by atoms with E-state index in [1.165, 1.54) is 16.8 Å². The molecule has 5 heteroatoms. The molecule has 0 unspecified atom stereocenters. The summed E-state index contributed by atoms with van der Waals surface area (Å²) in [6.45, 7) is 4.00. The Bertz CT molecular complexity index is 479. The van der Waals surface area contributed by atoms with E-state index in [9.17, 15) is 4.79 Å². The second kappa shape index (κ2) is 4.79. The van der Waals surface area contributed by atoms with E-state index >= 15 is 0 Å². The van der Waals surface area contributed by atoms with Crippen LogP contribution in [0.5, 0.6) is 0 Å². The summed E-state index contributed by atoms with van der Waals surface area (Å²) in [6, 6.07) is 3.32. The van der Waals surface area contributed by atoms with Crippen LogP contribution in [0.2, 0.25) is 5.02 Å². The lowest BCUT2D eigenvalue weighted by molar-refractivity contribution is 0.0689. The summed E-state index contributed by atoms with van der Waals surface area (Å²) in [5, 5.41) is 9.24. The molecule has 0 atom stereocenters. The first-order valence-corrected chi connectivity index (χ1v) is 4.92. The molecular formula is C10H11ClN2O2. The molecule has 15 heavy (non-hydrogen) atoms. The van der Waals surface area contributed by atoms with Crippen LogP contribution in [0.1, 0.15) is 24.3 Å². The number of halogens is 1. The lowest BCUT2D eigenvalue weighted by atomic mass is 10.4. The van der Waals surface area contributed by atoms with Gasteiger partial charge in [0.1, 0.15) is 5.65 Å². The number of hydrogen-bond acceptors (Lipinski definition) is 2. The van der Waals surface area contributed by atoms with Gasteiger partial charge in [0.05, 0.1) is 11.2 Å². The Kier molecular flexibility index (Phi) is 3.68. The summed E-state index contributed by atoms with van der Waals surface area (Å²) in [5.74, 6) is -1.02. The van der Waals surface area contributed by atoms with Gasteiger partial charge in [0.2, 0.25) is 0 Å². The van der Waals surface area contributed by atoms with Crippen molar-refractivity contribution in [1.29, 1.82) is 0 Å². The van der Waals surface area contributed by atoms with Crippen LogP contribution in [0.4, 0.5) is 0 Å². The van der Waals surface area contributed by atoms with Gasteiger partial charge < -0.3 is 5.11 Å². The third-order valence-electron chi connectivity index (χ3n) is 1.69. The summed E-state index contributed by atoms with van der Waals surface area (Å²) in [7, 11) is 0. The van der Waals surface area contributed by atoms with E-state index in [-0.39, 0.29) is 5.69 Å². The Labute approximate surface area is 92.1 Å². The van der Waals surface area contributed by atoms with Crippen LogP contribution in [-0.4, -0.2) is 20.5 Å². The predicted octanol–water partition coefficient (Wildman–Crippen LogP) is 2.71. The largest absolute Gasteiger partial charge is 0.477 e. The molecule has 2 heterocycles. The second-order valence-corrected chi connectivity index (χ2v) is 2.96. The van der Waals surface area contributed by atoms with Crippen LogP contribution in [0.3, 0.4) is 0 Å². The molecule has 4 nitrogen and oxygen atoms in total. The van der Waals surface area contributed by atoms with Crippen molar-refractivity contribution in [2.45, 2.75) is 13.8 Å². The number of hydrogen-bond donors (Lipinski definition) is 1. The summed E-state index contributed by atoms with van der Waals surface area (Å²) >= 11 is 5.71. The Morgan fingerprint density at radius 1 is 1.47 bits per heavy atom. The Hall–Kier alpha value is -1.55. The molecule has 0 aliphatic heterocycles. The van der Waals surface area contributed by atoms with Gasteiger partial charge in [-0.2, -0.15) is 0 Å². The maximum absolute atomic E-state index is 10.7. The van der Waals surface area contributed by atoms with Crippen molar-refractivity contribution < 1.29 is 9.90 Å². The van der Waals surface area contributed by atoms with Gasteiger partial charge in [-0.1, -0.05) is 25.4 Å². The molecule has 0 aliphatic rings. The zero-order chi connectivity index (χ0) is 11.4. The molecule has 0 saturated carbocycles. The minimum absolute atomic E-state index is 0.109. The molecule has 0 fully saturated rings. The number of rotatable bonds is 1. The molecule has 2 aromatic heterocycles. The van der Waals surface area contributed by atoms with Crippen LogP contribution in [-0.2, 0) is 0 Å². The number of aromatic carboxylic acids is 1. The van der Waals surface area contributed by atoms with Crippen molar-refractivity contribution in [3.05, 3.63) is 35.2 Å². The number of carboxylic acid groups (broad SMARTS) is 1. The highest BCUT2D eigenvalue weighted by atomic mass is 35.5. The standard InChI is InChI=1S/C8H5ClN2O2.C2H6/c9-5-1-2-7-10-3-6(8(12)13)11(7)4-5;1-2/h1-4H,(H,12,13);1-2H3. The molecule has 0 radical (unpaired) electrons. The van der Waals surface area contributed by atoms with Crippen molar-refractivity contribution in [3.8, 4) is 0 Å². The number of pyridine rings is 1. The zero-order valence-electron chi connectivity index (χ0n) is 8.44. The van der Waals surface area contributed by atoms with Crippen LogP contribution < -0.4 is 0 Å². The van der Waals surface area contributed by atoms with Gasteiger partial charge in [-0.3, -0.25) is 4.40 Å². The minimum atomic E-state index is -1.02. The van der Waals surface area contributed by atoms with Crippen LogP contribution >= 0.6 is 11.6 Å². The number of aromatic nitrogens is 2. The van der Waals surface area contributed by atoms with E-state index in [2.05, 4.69) is 4.98 Å². The van der Waals surface area contributed by atoms with Crippen LogP contribution in [0, 0.1) is 0 Å². The maximum Gasteiger partial charge on any atom is 0.354 e.